The molecule has 1 spiro atoms. The molecule has 1 atom stereocenters. The van der Waals surface area contributed by atoms with Crippen LogP contribution in [0, 0.1) is 16.7 Å². The zero-order chi connectivity index (χ0) is 20.6. The number of ketones is 2. The van der Waals surface area contributed by atoms with Crippen molar-refractivity contribution in [1.29, 1.82) is 5.26 Å². The van der Waals surface area contributed by atoms with Crippen LogP contribution in [-0.2, 0) is 11.2 Å². The van der Waals surface area contributed by atoms with Crippen molar-refractivity contribution >= 4 is 17.3 Å². The van der Waals surface area contributed by atoms with Crippen molar-refractivity contribution in [1.82, 2.24) is 4.90 Å². The summed E-state index contributed by atoms with van der Waals surface area (Å²) in [4.78, 5) is 27.3. The van der Waals surface area contributed by atoms with E-state index in [1.807, 2.05) is 6.07 Å². The lowest BCUT2D eigenvalue weighted by Crippen LogP contribution is -2.36. The van der Waals surface area contributed by atoms with Gasteiger partial charge in [-0.25, -0.2) is 0 Å². The molecule has 1 aromatic rings. The number of aliphatic hydroxyl groups is 2. The predicted molar refractivity (Wildman–Crippen MR) is 107 cm³/mol. The Hall–Kier alpha value is -2.49. The van der Waals surface area contributed by atoms with E-state index in [9.17, 15) is 20.0 Å². The molecule has 6 nitrogen and oxygen atoms in total. The third kappa shape index (κ3) is 3.85. The van der Waals surface area contributed by atoms with Gasteiger partial charge in [-0.05, 0) is 49.1 Å². The van der Waals surface area contributed by atoms with Gasteiger partial charge in [0.05, 0.1) is 18.4 Å². The SMILES string of the molecule is N#CC1=C(N2CCC3(CC2)CC3)c2cc(C(=O)CCC(O)CO)ccc2CC1=O. The molecule has 0 radical (unpaired) electrons. The number of Topliss-reactive ketones (excluding diaryl/α,β-unsaturated/α-hetero) is 2. The molecule has 4 rings (SSSR count). The number of carbonyl (C=O) groups excluding carboxylic acids is 2. The summed E-state index contributed by atoms with van der Waals surface area (Å²) in [5, 5.41) is 28.1. The van der Waals surface area contributed by atoms with Crippen LogP contribution in [0.2, 0.25) is 0 Å². The Balaban J connectivity index is 1.64. The number of hydrogen-bond acceptors (Lipinski definition) is 6. The first-order valence-electron chi connectivity index (χ1n) is 10.3. The summed E-state index contributed by atoms with van der Waals surface area (Å²) in [5.74, 6) is -0.280. The lowest BCUT2D eigenvalue weighted by molar-refractivity contribution is -0.114. The van der Waals surface area contributed by atoms with Crippen molar-refractivity contribution in [2.24, 2.45) is 5.41 Å². The highest BCUT2D eigenvalue weighted by molar-refractivity contribution is 6.10. The maximum Gasteiger partial charge on any atom is 0.179 e. The molecule has 3 aliphatic rings. The summed E-state index contributed by atoms with van der Waals surface area (Å²) in [6.07, 6.45) is 4.32. The van der Waals surface area contributed by atoms with Gasteiger partial charge < -0.3 is 15.1 Å². The molecular formula is C23H26N2O4. The molecule has 1 unspecified atom stereocenters. The van der Waals surface area contributed by atoms with Gasteiger partial charge in [-0.15, -0.1) is 0 Å². The fraction of sp³-hybridized carbons (Fsp3) is 0.522. The normalized spacial score (nSPS) is 21.0. The van der Waals surface area contributed by atoms with Gasteiger partial charge in [0.25, 0.3) is 0 Å². The van der Waals surface area contributed by atoms with Crippen LogP contribution in [0.1, 0.15) is 60.0 Å². The second kappa shape index (κ2) is 7.74. The monoisotopic (exact) mass is 394 g/mol. The fourth-order valence-corrected chi connectivity index (χ4v) is 4.51. The highest BCUT2D eigenvalue weighted by Crippen LogP contribution is 2.54. The molecule has 1 saturated carbocycles. The quantitative estimate of drug-likeness (QED) is 0.718. The maximum absolute atomic E-state index is 12.6. The van der Waals surface area contributed by atoms with Crippen LogP contribution in [-0.4, -0.2) is 52.5 Å². The van der Waals surface area contributed by atoms with Crippen molar-refractivity contribution in [3.05, 3.63) is 40.5 Å². The van der Waals surface area contributed by atoms with E-state index in [-0.39, 0.29) is 43.0 Å². The Bertz CT molecular complexity index is 913. The van der Waals surface area contributed by atoms with Gasteiger partial charge in [-0.1, -0.05) is 12.1 Å². The first-order valence-corrected chi connectivity index (χ1v) is 10.3. The van der Waals surface area contributed by atoms with E-state index in [0.29, 0.717) is 16.7 Å². The minimum Gasteiger partial charge on any atom is -0.394 e. The van der Waals surface area contributed by atoms with Gasteiger partial charge in [0.15, 0.2) is 11.6 Å². The van der Waals surface area contributed by atoms with Crippen molar-refractivity contribution < 1.29 is 19.8 Å². The van der Waals surface area contributed by atoms with Crippen LogP contribution in [0.4, 0.5) is 0 Å². The third-order valence-electron chi connectivity index (χ3n) is 6.68. The van der Waals surface area contributed by atoms with Crippen LogP contribution < -0.4 is 0 Å². The zero-order valence-corrected chi connectivity index (χ0v) is 16.5. The summed E-state index contributed by atoms with van der Waals surface area (Å²) in [6, 6.07) is 7.43. The Labute approximate surface area is 170 Å². The van der Waals surface area contributed by atoms with E-state index in [4.69, 9.17) is 5.11 Å². The van der Waals surface area contributed by atoms with Gasteiger partial charge in [0.2, 0.25) is 0 Å². The molecule has 1 aromatic carbocycles. The second-order valence-electron chi connectivity index (χ2n) is 8.59. The Morgan fingerprint density at radius 3 is 2.59 bits per heavy atom. The molecule has 1 aliphatic heterocycles. The molecule has 152 valence electrons. The van der Waals surface area contributed by atoms with Crippen molar-refractivity contribution in [2.75, 3.05) is 19.7 Å². The third-order valence-corrected chi connectivity index (χ3v) is 6.68. The van der Waals surface area contributed by atoms with Crippen LogP contribution in [0.5, 0.6) is 0 Å². The summed E-state index contributed by atoms with van der Waals surface area (Å²) in [5.41, 5.74) is 3.53. The Morgan fingerprint density at radius 1 is 1.24 bits per heavy atom. The number of likely N-dealkylation sites (tertiary alicyclic amines) is 1. The summed E-state index contributed by atoms with van der Waals surface area (Å²) in [6.45, 7) is 1.29. The number of benzene rings is 1. The molecule has 2 N–H and O–H groups in total. The number of carbonyl (C=O) groups is 2. The van der Waals surface area contributed by atoms with Gasteiger partial charge in [-0.3, -0.25) is 9.59 Å². The lowest BCUT2D eigenvalue weighted by atomic mass is 9.84. The number of piperidine rings is 1. The van der Waals surface area contributed by atoms with Gasteiger partial charge in [0, 0.05) is 37.1 Å². The molecule has 2 aliphatic carbocycles. The molecule has 1 saturated heterocycles. The maximum atomic E-state index is 12.6. The largest absolute Gasteiger partial charge is 0.394 e. The number of nitrogens with zero attached hydrogens (tertiary/aromatic N) is 2. The number of allylic oxidation sites excluding steroid dienone is 1. The second-order valence-corrected chi connectivity index (χ2v) is 8.59. The minimum atomic E-state index is -0.905. The molecule has 0 aromatic heterocycles. The lowest BCUT2D eigenvalue weighted by Gasteiger charge is -2.37. The fourth-order valence-electron chi connectivity index (χ4n) is 4.51. The van der Waals surface area contributed by atoms with E-state index < -0.39 is 6.10 Å². The van der Waals surface area contributed by atoms with Crippen LogP contribution in [0.3, 0.4) is 0 Å². The number of nitriles is 1. The smallest absolute Gasteiger partial charge is 0.179 e. The van der Waals surface area contributed by atoms with Crippen LogP contribution >= 0.6 is 0 Å². The van der Waals surface area contributed by atoms with E-state index in [1.165, 1.54) is 12.8 Å². The highest BCUT2D eigenvalue weighted by atomic mass is 16.3. The average molecular weight is 394 g/mol. The van der Waals surface area contributed by atoms with E-state index in [0.717, 1.165) is 37.1 Å². The molecule has 6 heteroatoms. The Kier molecular flexibility index (Phi) is 5.28. The zero-order valence-electron chi connectivity index (χ0n) is 16.5. The summed E-state index contributed by atoms with van der Waals surface area (Å²) >= 11 is 0. The molecular weight excluding hydrogens is 368 g/mol. The highest BCUT2D eigenvalue weighted by Gasteiger charge is 2.45. The van der Waals surface area contributed by atoms with Crippen molar-refractivity contribution in [3.8, 4) is 6.07 Å². The number of rotatable bonds is 6. The summed E-state index contributed by atoms with van der Waals surface area (Å²) in [7, 11) is 0. The molecule has 2 fully saturated rings. The van der Waals surface area contributed by atoms with Crippen LogP contribution in [0.15, 0.2) is 23.8 Å². The minimum absolute atomic E-state index is 0.120. The van der Waals surface area contributed by atoms with E-state index in [2.05, 4.69) is 11.0 Å². The van der Waals surface area contributed by atoms with Crippen molar-refractivity contribution in [3.63, 3.8) is 0 Å². The first kappa shape index (κ1) is 19.8. The van der Waals surface area contributed by atoms with Crippen molar-refractivity contribution in [2.45, 2.75) is 51.0 Å². The van der Waals surface area contributed by atoms with E-state index >= 15 is 0 Å². The predicted octanol–water partition coefficient (Wildman–Crippen LogP) is 2.24. The molecule has 0 bridgehead atoms. The van der Waals surface area contributed by atoms with Gasteiger partial charge in [0.1, 0.15) is 11.6 Å². The summed E-state index contributed by atoms with van der Waals surface area (Å²) < 4.78 is 0. The van der Waals surface area contributed by atoms with Crippen LogP contribution in [0.25, 0.3) is 5.70 Å². The number of aliphatic hydroxyl groups excluding tert-OH is 2. The topological polar surface area (TPSA) is 102 Å². The standard InChI is InChI=1S/C23H26N2O4/c24-13-19-21(29)12-15-1-2-16(20(28)4-3-17(27)14-26)11-18(15)22(19)25-9-7-23(5-6-23)8-10-25/h1-2,11,17,26-27H,3-10,12,14H2. The average Bonchev–Trinajstić information content (AvgIpc) is 3.50. The first-order chi connectivity index (χ1) is 14.0. The molecule has 1 heterocycles. The number of hydrogen-bond donors (Lipinski definition) is 2. The molecule has 0 amide bonds. The van der Waals surface area contributed by atoms with Gasteiger partial charge in [-0.2, -0.15) is 5.26 Å². The Morgan fingerprint density at radius 2 is 1.97 bits per heavy atom. The number of fused-ring (bicyclic) bond motifs is 1. The van der Waals surface area contributed by atoms with Gasteiger partial charge >= 0.3 is 0 Å². The molecule has 29 heavy (non-hydrogen) atoms. The van der Waals surface area contributed by atoms with E-state index in [1.54, 1.807) is 12.1 Å².